The van der Waals surface area contributed by atoms with E-state index in [4.69, 9.17) is 11.6 Å². The first-order valence-electron chi connectivity index (χ1n) is 5.13. The van der Waals surface area contributed by atoms with Crippen molar-refractivity contribution in [2.75, 3.05) is 0 Å². The van der Waals surface area contributed by atoms with E-state index in [1.807, 2.05) is 0 Å². The van der Waals surface area contributed by atoms with Crippen LogP contribution in [0.2, 0.25) is 5.15 Å². The van der Waals surface area contributed by atoms with Gasteiger partial charge in [-0.1, -0.05) is 17.7 Å². The second-order valence-electron chi connectivity index (χ2n) is 3.76. The Balaban J connectivity index is 2.36. The summed E-state index contributed by atoms with van der Waals surface area (Å²) in [5.74, 6) is 0. The average Bonchev–Trinajstić information content (AvgIpc) is 2.73. The third kappa shape index (κ3) is 3.05. The van der Waals surface area contributed by atoms with Crippen molar-refractivity contribution < 1.29 is 18.3 Å². The van der Waals surface area contributed by atoms with Gasteiger partial charge in [-0.25, -0.2) is 9.97 Å². The summed E-state index contributed by atoms with van der Waals surface area (Å²) in [6.45, 7) is 1.76. The molecule has 2 heterocycles. The van der Waals surface area contributed by atoms with Crippen molar-refractivity contribution in [3.05, 3.63) is 44.6 Å². The zero-order chi connectivity index (χ0) is 14.2. The molecular formula is C11H8ClF3N2OS. The van der Waals surface area contributed by atoms with E-state index < -0.39 is 18.0 Å². The predicted octanol–water partition coefficient (Wildman–Crippen LogP) is 3.60. The number of aliphatic hydroxyl groups excluding tert-OH is 1. The topological polar surface area (TPSA) is 46.0 Å². The molecule has 102 valence electrons. The first kappa shape index (κ1) is 14.2. The second kappa shape index (κ2) is 5.07. The molecule has 0 aliphatic carbocycles. The molecule has 8 heteroatoms. The van der Waals surface area contributed by atoms with Crippen LogP contribution in [0.15, 0.2) is 18.3 Å². The highest BCUT2D eigenvalue weighted by molar-refractivity contribution is 7.11. The zero-order valence-electron chi connectivity index (χ0n) is 9.57. The van der Waals surface area contributed by atoms with Crippen LogP contribution in [0.25, 0.3) is 0 Å². The number of aromatic nitrogens is 2. The molecule has 0 fully saturated rings. The lowest BCUT2D eigenvalue weighted by Gasteiger charge is -2.12. The highest BCUT2D eigenvalue weighted by Gasteiger charge is 2.33. The predicted molar refractivity (Wildman–Crippen MR) is 65.2 cm³/mol. The molecule has 0 amide bonds. The van der Waals surface area contributed by atoms with E-state index in [9.17, 15) is 18.3 Å². The third-order valence-electron chi connectivity index (χ3n) is 2.37. The lowest BCUT2D eigenvalue weighted by molar-refractivity contribution is -0.141. The third-order valence-corrected chi connectivity index (χ3v) is 3.64. The summed E-state index contributed by atoms with van der Waals surface area (Å²) >= 11 is 6.94. The Bertz CT molecular complexity index is 600. The first-order chi connectivity index (χ1) is 8.79. The average molecular weight is 309 g/mol. The van der Waals surface area contributed by atoms with Crippen LogP contribution in [0, 0.1) is 6.92 Å². The van der Waals surface area contributed by atoms with E-state index in [0.29, 0.717) is 4.88 Å². The van der Waals surface area contributed by atoms with E-state index in [1.54, 1.807) is 6.92 Å². The number of nitrogens with zero attached hydrogens (tertiary/aromatic N) is 2. The van der Waals surface area contributed by atoms with E-state index in [1.165, 1.54) is 17.5 Å². The summed E-state index contributed by atoms with van der Waals surface area (Å²) in [7, 11) is 0. The molecule has 1 N–H and O–H groups in total. The van der Waals surface area contributed by atoms with Gasteiger partial charge >= 0.3 is 6.18 Å². The Morgan fingerprint density at radius 2 is 2.05 bits per heavy atom. The summed E-state index contributed by atoms with van der Waals surface area (Å²) in [5.41, 5.74) is -0.966. The van der Waals surface area contributed by atoms with Gasteiger partial charge in [-0.15, -0.1) is 11.3 Å². The van der Waals surface area contributed by atoms with Gasteiger partial charge in [0.2, 0.25) is 0 Å². The van der Waals surface area contributed by atoms with E-state index in [2.05, 4.69) is 9.97 Å². The van der Waals surface area contributed by atoms with Crippen LogP contribution in [0.4, 0.5) is 13.2 Å². The molecule has 0 spiro atoms. The molecule has 1 unspecified atom stereocenters. The molecule has 0 radical (unpaired) electrons. The molecule has 0 aliphatic rings. The maximum Gasteiger partial charge on any atom is 0.433 e. The smallest absolute Gasteiger partial charge is 0.383 e. The van der Waals surface area contributed by atoms with Crippen molar-refractivity contribution in [2.45, 2.75) is 19.2 Å². The SMILES string of the molecule is Cc1ncc(C(O)c2ccc(C(F)(F)F)nc2Cl)s1. The van der Waals surface area contributed by atoms with Crippen LogP contribution in [-0.4, -0.2) is 15.1 Å². The van der Waals surface area contributed by atoms with E-state index >= 15 is 0 Å². The molecule has 0 saturated heterocycles. The van der Waals surface area contributed by atoms with Gasteiger partial charge in [0.1, 0.15) is 17.0 Å². The summed E-state index contributed by atoms with van der Waals surface area (Å²) in [5, 5.41) is 10.4. The van der Waals surface area contributed by atoms with Gasteiger partial charge in [0.15, 0.2) is 0 Å². The number of aryl methyl sites for hydroxylation is 1. The Labute approximate surface area is 115 Å². The number of pyridine rings is 1. The summed E-state index contributed by atoms with van der Waals surface area (Å²) in [6.07, 6.45) is -4.24. The van der Waals surface area contributed by atoms with Gasteiger partial charge in [-0.05, 0) is 13.0 Å². The van der Waals surface area contributed by atoms with Gasteiger partial charge in [0, 0.05) is 11.8 Å². The monoisotopic (exact) mass is 308 g/mol. The maximum absolute atomic E-state index is 12.4. The van der Waals surface area contributed by atoms with Gasteiger partial charge < -0.3 is 5.11 Å². The fourth-order valence-electron chi connectivity index (χ4n) is 1.46. The highest BCUT2D eigenvalue weighted by Crippen LogP contribution is 2.34. The van der Waals surface area contributed by atoms with E-state index in [-0.39, 0.29) is 10.7 Å². The Morgan fingerprint density at radius 1 is 1.37 bits per heavy atom. The molecule has 1 atom stereocenters. The van der Waals surface area contributed by atoms with Crippen molar-refractivity contribution in [3.8, 4) is 0 Å². The summed E-state index contributed by atoms with van der Waals surface area (Å²) in [6, 6.07) is 1.91. The number of thiazole rings is 1. The van der Waals surface area contributed by atoms with Crippen LogP contribution >= 0.6 is 22.9 Å². The molecule has 2 rings (SSSR count). The van der Waals surface area contributed by atoms with Crippen LogP contribution in [0.5, 0.6) is 0 Å². The number of hydrogen-bond donors (Lipinski definition) is 1. The normalized spacial score (nSPS) is 13.6. The van der Waals surface area contributed by atoms with Gasteiger partial charge in [0.25, 0.3) is 0 Å². The highest BCUT2D eigenvalue weighted by atomic mass is 35.5. The summed E-state index contributed by atoms with van der Waals surface area (Å²) < 4.78 is 37.3. The molecule has 3 nitrogen and oxygen atoms in total. The lowest BCUT2D eigenvalue weighted by atomic mass is 10.1. The largest absolute Gasteiger partial charge is 0.433 e. The molecule has 2 aromatic heterocycles. The molecule has 0 aromatic carbocycles. The number of rotatable bonds is 2. The second-order valence-corrected chi connectivity index (χ2v) is 5.38. The molecule has 2 aromatic rings. The van der Waals surface area contributed by atoms with Crippen LogP contribution in [0.3, 0.4) is 0 Å². The lowest BCUT2D eigenvalue weighted by Crippen LogP contribution is -2.09. The summed E-state index contributed by atoms with van der Waals surface area (Å²) in [4.78, 5) is 7.73. The number of alkyl halides is 3. The molecule has 0 saturated carbocycles. The molecule has 0 aliphatic heterocycles. The standard InChI is InChI=1S/C11H8ClF3N2OS/c1-5-16-4-7(19-5)9(18)6-2-3-8(11(13,14)15)17-10(6)12/h2-4,9,18H,1H3. The van der Waals surface area contributed by atoms with Crippen molar-refractivity contribution in [3.63, 3.8) is 0 Å². The van der Waals surface area contributed by atoms with Crippen molar-refractivity contribution >= 4 is 22.9 Å². The van der Waals surface area contributed by atoms with Crippen molar-refractivity contribution in [2.24, 2.45) is 0 Å². The Hall–Kier alpha value is -1.18. The van der Waals surface area contributed by atoms with Gasteiger partial charge in [0.05, 0.1) is 9.88 Å². The number of aliphatic hydroxyl groups is 1. The quantitative estimate of drug-likeness (QED) is 0.862. The number of hydrogen-bond acceptors (Lipinski definition) is 4. The molecule has 0 bridgehead atoms. The Kier molecular flexibility index (Phi) is 3.80. The van der Waals surface area contributed by atoms with Crippen molar-refractivity contribution in [1.29, 1.82) is 0 Å². The molecular weight excluding hydrogens is 301 g/mol. The minimum Gasteiger partial charge on any atom is -0.383 e. The van der Waals surface area contributed by atoms with Crippen molar-refractivity contribution in [1.82, 2.24) is 9.97 Å². The fraction of sp³-hybridized carbons (Fsp3) is 0.273. The van der Waals surface area contributed by atoms with Crippen LogP contribution in [0.1, 0.15) is 27.2 Å². The fourth-order valence-corrected chi connectivity index (χ4v) is 2.51. The van der Waals surface area contributed by atoms with Crippen LogP contribution < -0.4 is 0 Å². The minimum absolute atomic E-state index is 0.123. The van der Waals surface area contributed by atoms with Gasteiger partial charge in [-0.2, -0.15) is 13.2 Å². The first-order valence-corrected chi connectivity index (χ1v) is 6.32. The number of halogens is 4. The minimum atomic E-state index is -4.56. The van der Waals surface area contributed by atoms with E-state index in [0.717, 1.165) is 17.1 Å². The molecule has 19 heavy (non-hydrogen) atoms. The zero-order valence-corrected chi connectivity index (χ0v) is 11.1. The van der Waals surface area contributed by atoms with Crippen LogP contribution in [-0.2, 0) is 6.18 Å². The Morgan fingerprint density at radius 3 is 2.53 bits per heavy atom. The van der Waals surface area contributed by atoms with Gasteiger partial charge in [-0.3, -0.25) is 0 Å². The maximum atomic E-state index is 12.4.